The third kappa shape index (κ3) is 3.76. The van der Waals surface area contributed by atoms with Gasteiger partial charge in [0, 0.05) is 31.8 Å². The zero-order valence-corrected chi connectivity index (χ0v) is 17.9. The number of aryl methyl sites for hydroxylation is 2. The van der Waals surface area contributed by atoms with Crippen LogP contribution in [0.2, 0.25) is 0 Å². The highest BCUT2D eigenvalue weighted by Crippen LogP contribution is 2.38. The van der Waals surface area contributed by atoms with Crippen molar-refractivity contribution in [1.82, 2.24) is 4.90 Å². The first kappa shape index (κ1) is 21.4. The van der Waals surface area contributed by atoms with Gasteiger partial charge in [0.05, 0.1) is 32.1 Å². The van der Waals surface area contributed by atoms with E-state index >= 15 is 0 Å². The van der Waals surface area contributed by atoms with Crippen LogP contribution in [0.4, 0.5) is 5.69 Å². The summed E-state index contributed by atoms with van der Waals surface area (Å²) in [6, 6.07) is 10.6. The van der Waals surface area contributed by atoms with E-state index in [1.54, 1.807) is 30.1 Å². The van der Waals surface area contributed by atoms with Crippen LogP contribution in [0.3, 0.4) is 0 Å². The lowest BCUT2D eigenvalue weighted by molar-refractivity contribution is -0.120. The summed E-state index contributed by atoms with van der Waals surface area (Å²) in [6.45, 7) is 3.96. The number of hydrogen-bond acceptors (Lipinski definition) is 6. The number of benzene rings is 2. The molecule has 0 atom stereocenters. The number of aliphatic hydroxyl groups excluding tert-OH is 1. The molecule has 0 radical (unpaired) electrons. The number of imide groups is 1. The Morgan fingerprint density at radius 3 is 2.13 bits per heavy atom. The van der Waals surface area contributed by atoms with Crippen LogP contribution in [0, 0.1) is 13.8 Å². The molecule has 0 fully saturated rings. The van der Waals surface area contributed by atoms with Crippen LogP contribution in [-0.4, -0.2) is 56.2 Å². The third-order valence-corrected chi connectivity index (χ3v) is 5.12. The van der Waals surface area contributed by atoms with Crippen LogP contribution in [-0.2, 0) is 9.59 Å². The first-order valence-electron chi connectivity index (χ1n) is 9.58. The Labute approximate surface area is 176 Å². The summed E-state index contributed by atoms with van der Waals surface area (Å²) in [4.78, 5) is 29.7. The molecule has 1 aliphatic rings. The molecule has 7 nitrogen and oxygen atoms in total. The molecule has 1 aliphatic heterocycles. The summed E-state index contributed by atoms with van der Waals surface area (Å²) in [5.41, 5.74) is 3.57. The van der Waals surface area contributed by atoms with Gasteiger partial charge in [0.15, 0.2) is 0 Å². The minimum Gasteiger partial charge on any atom is -0.497 e. The summed E-state index contributed by atoms with van der Waals surface area (Å²) in [5, 5.41) is 9.41. The molecule has 0 spiro atoms. The quantitative estimate of drug-likeness (QED) is 0.707. The van der Waals surface area contributed by atoms with Gasteiger partial charge in [-0.3, -0.25) is 9.59 Å². The average Bonchev–Trinajstić information content (AvgIpc) is 2.98. The Balaban J connectivity index is 2.18. The second-order valence-electron chi connectivity index (χ2n) is 7.20. The molecule has 0 saturated heterocycles. The Morgan fingerprint density at radius 2 is 1.60 bits per heavy atom. The molecule has 2 aromatic rings. The minimum absolute atomic E-state index is 0.144. The van der Waals surface area contributed by atoms with E-state index in [-0.39, 0.29) is 18.8 Å². The predicted octanol–water partition coefficient (Wildman–Crippen LogP) is 2.53. The first-order chi connectivity index (χ1) is 14.3. The predicted molar refractivity (Wildman–Crippen MR) is 115 cm³/mol. The van der Waals surface area contributed by atoms with Gasteiger partial charge in [-0.2, -0.15) is 0 Å². The first-order valence-corrected chi connectivity index (χ1v) is 9.58. The topological polar surface area (TPSA) is 79.3 Å². The van der Waals surface area contributed by atoms with Gasteiger partial charge < -0.3 is 19.5 Å². The normalized spacial score (nSPS) is 13.9. The summed E-state index contributed by atoms with van der Waals surface area (Å²) in [6.07, 6.45) is 0. The Hall–Kier alpha value is -3.32. The zero-order valence-electron chi connectivity index (χ0n) is 17.9. The van der Waals surface area contributed by atoms with Gasteiger partial charge in [-0.15, -0.1) is 0 Å². The Morgan fingerprint density at radius 1 is 0.967 bits per heavy atom. The molecule has 0 saturated carbocycles. The fourth-order valence-electron chi connectivity index (χ4n) is 3.63. The summed E-state index contributed by atoms with van der Waals surface area (Å²) in [5.74, 6) is 0.0497. The molecule has 158 valence electrons. The number of methoxy groups -OCH3 is 2. The van der Waals surface area contributed by atoms with E-state index in [1.165, 1.54) is 14.2 Å². The van der Waals surface area contributed by atoms with E-state index < -0.39 is 11.8 Å². The maximum absolute atomic E-state index is 13.5. The summed E-state index contributed by atoms with van der Waals surface area (Å²) in [7, 11) is 4.70. The smallest absolute Gasteiger partial charge is 0.282 e. The maximum atomic E-state index is 13.5. The molecule has 1 heterocycles. The largest absolute Gasteiger partial charge is 0.497 e. The highest BCUT2D eigenvalue weighted by atomic mass is 16.5. The van der Waals surface area contributed by atoms with Crippen LogP contribution in [0.5, 0.6) is 11.5 Å². The van der Waals surface area contributed by atoms with Gasteiger partial charge in [0.1, 0.15) is 17.2 Å². The molecule has 2 amide bonds. The molecule has 3 rings (SSSR count). The molecule has 0 aromatic heterocycles. The van der Waals surface area contributed by atoms with Crippen molar-refractivity contribution in [3.05, 3.63) is 58.8 Å². The highest BCUT2D eigenvalue weighted by molar-refractivity contribution is 6.45. The average molecular weight is 410 g/mol. The molecular formula is C23H26N2O5. The number of carbonyl (C=O) groups is 2. The lowest BCUT2D eigenvalue weighted by Crippen LogP contribution is -2.34. The fourth-order valence-corrected chi connectivity index (χ4v) is 3.63. The van der Waals surface area contributed by atoms with E-state index in [4.69, 9.17) is 9.47 Å². The fraction of sp³-hybridized carbons (Fsp3) is 0.304. The number of hydrogen-bond donors (Lipinski definition) is 1. The number of likely N-dealkylation sites (N-methyl/N-ethyl adjacent to an activating group) is 1. The Kier molecular flexibility index (Phi) is 6.12. The third-order valence-electron chi connectivity index (χ3n) is 5.12. The maximum Gasteiger partial charge on any atom is 0.282 e. The van der Waals surface area contributed by atoms with Crippen molar-refractivity contribution in [2.75, 3.05) is 39.3 Å². The SMILES string of the molecule is COc1cc(OC)cc(N2C(=O)C(c3ccc(C)cc3C)=C(N(C)CCO)C2=O)c1. The van der Waals surface area contributed by atoms with Gasteiger partial charge in [0.2, 0.25) is 0 Å². The Bertz CT molecular complexity index is 1010. The second kappa shape index (κ2) is 8.59. The highest BCUT2D eigenvalue weighted by Gasteiger charge is 2.42. The van der Waals surface area contributed by atoms with Gasteiger partial charge in [-0.25, -0.2) is 4.90 Å². The van der Waals surface area contributed by atoms with Gasteiger partial charge in [-0.05, 0) is 25.0 Å². The molecule has 0 aliphatic carbocycles. The van der Waals surface area contributed by atoms with Crippen molar-refractivity contribution in [2.24, 2.45) is 0 Å². The summed E-state index contributed by atoms with van der Waals surface area (Å²) >= 11 is 0. The molecular weight excluding hydrogens is 384 g/mol. The van der Waals surface area contributed by atoms with E-state index in [0.717, 1.165) is 16.0 Å². The number of carbonyl (C=O) groups excluding carboxylic acids is 2. The molecule has 7 heteroatoms. The lowest BCUT2D eigenvalue weighted by Gasteiger charge is -2.21. The van der Waals surface area contributed by atoms with Crippen LogP contribution in [0.15, 0.2) is 42.1 Å². The monoisotopic (exact) mass is 410 g/mol. The number of rotatable bonds is 7. The molecule has 2 aromatic carbocycles. The number of aliphatic hydroxyl groups is 1. The van der Waals surface area contributed by atoms with Crippen molar-refractivity contribution < 1.29 is 24.2 Å². The van der Waals surface area contributed by atoms with Crippen molar-refractivity contribution in [3.63, 3.8) is 0 Å². The van der Waals surface area contributed by atoms with Crippen LogP contribution in [0.25, 0.3) is 5.57 Å². The zero-order chi connectivity index (χ0) is 22.0. The summed E-state index contributed by atoms with van der Waals surface area (Å²) < 4.78 is 10.6. The number of nitrogens with zero attached hydrogens (tertiary/aromatic N) is 2. The van der Waals surface area contributed by atoms with Crippen LogP contribution in [0.1, 0.15) is 16.7 Å². The van der Waals surface area contributed by atoms with Gasteiger partial charge in [-0.1, -0.05) is 23.8 Å². The lowest BCUT2D eigenvalue weighted by atomic mass is 9.97. The van der Waals surface area contributed by atoms with E-state index in [1.807, 2.05) is 32.0 Å². The van der Waals surface area contributed by atoms with Crippen LogP contribution >= 0.6 is 0 Å². The van der Waals surface area contributed by atoms with E-state index in [0.29, 0.717) is 28.3 Å². The number of anilines is 1. The number of amides is 2. The van der Waals surface area contributed by atoms with Gasteiger partial charge in [0.25, 0.3) is 11.8 Å². The second-order valence-corrected chi connectivity index (χ2v) is 7.20. The molecule has 1 N–H and O–H groups in total. The minimum atomic E-state index is -0.457. The number of ether oxygens (including phenoxy) is 2. The molecule has 0 unspecified atom stereocenters. The van der Waals surface area contributed by atoms with E-state index in [9.17, 15) is 14.7 Å². The van der Waals surface area contributed by atoms with E-state index in [2.05, 4.69) is 0 Å². The molecule has 0 bridgehead atoms. The molecule has 30 heavy (non-hydrogen) atoms. The van der Waals surface area contributed by atoms with Gasteiger partial charge >= 0.3 is 0 Å². The van der Waals surface area contributed by atoms with Crippen molar-refractivity contribution in [1.29, 1.82) is 0 Å². The van der Waals surface area contributed by atoms with Crippen molar-refractivity contribution in [3.8, 4) is 11.5 Å². The standard InChI is InChI=1S/C23H26N2O5/c1-14-6-7-19(15(2)10-14)20-21(24(3)8-9-26)23(28)25(22(20)27)16-11-17(29-4)13-18(12-16)30-5/h6-7,10-13,26H,8-9H2,1-5H3. The van der Waals surface area contributed by atoms with Crippen molar-refractivity contribution in [2.45, 2.75) is 13.8 Å². The van der Waals surface area contributed by atoms with Crippen LogP contribution < -0.4 is 14.4 Å². The van der Waals surface area contributed by atoms with Crippen molar-refractivity contribution >= 4 is 23.1 Å².